The van der Waals surface area contributed by atoms with Crippen molar-refractivity contribution in [3.05, 3.63) is 52.9 Å². The van der Waals surface area contributed by atoms with E-state index in [0.717, 1.165) is 53.9 Å². The molecule has 6 nitrogen and oxygen atoms in total. The maximum atomic E-state index is 12.0. The molecule has 0 amide bonds. The van der Waals surface area contributed by atoms with E-state index in [0.29, 0.717) is 19.4 Å². The summed E-state index contributed by atoms with van der Waals surface area (Å²) in [4.78, 5) is 20.0. The fourth-order valence-corrected chi connectivity index (χ4v) is 6.52. The summed E-state index contributed by atoms with van der Waals surface area (Å²) in [7, 11) is 1.62. The standard InChI is InChI=1S/C26H32N2O4S2/c1-32-19-4-5-24-22(15-19)21(7-10-27-24)25(29)6-3-18-8-12-28(16-23(18)26(30)31)11-2-13-34-20-9-14-33-17-20/h4-5,7,9-10,14-15,17-18,23,25,29H,2-3,6,8,11-13,16H2,1H3,(H,30,31)/t18-,23+,25?/m1/s1. The average Bonchev–Trinajstić information content (AvgIpc) is 3.38. The van der Waals surface area contributed by atoms with Crippen molar-refractivity contribution in [1.82, 2.24) is 9.88 Å². The molecular weight excluding hydrogens is 468 g/mol. The van der Waals surface area contributed by atoms with Gasteiger partial charge in [0, 0.05) is 28.4 Å². The van der Waals surface area contributed by atoms with Crippen LogP contribution in [-0.2, 0) is 4.79 Å². The Morgan fingerprint density at radius 1 is 1.35 bits per heavy atom. The Kier molecular flexibility index (Phi) is 8.83. The zero-order valence-corrected chi connectivity index (χ0v) is 21.1. The van der Waals surface area contributed by atoms with Gasteiger partial charge in [-0.25, -0.2) is 0 Å². The van der Waals surface area contributed by atoms with Gasteiger partial charge in [0.05, 0.1) is 24.6 Å². The highest BCUT2D eigenvalue weighted by molar-refractivity contribution is 7.99. The lowest BCUT2D eigenvalue weighted by atomic mass is 9.81. The van der Waals surface area contributed by atoms with Gasteiger partial charge in [0.1, 0.15) is 5.75 Å². The molecule has 3 atom stereocenters. The van der Waals surface area contributed by atoms with Gasteiger partial charge in [-0.05, 0) is 91.7 Å². The van der Waals surface area contributed by atoms with Crippen LogP contribution < -0.4 is 4.74 Å². The Balaban J connectivity index is 1.31. The van der Waals surface area contributed by atoms with Crippen LogP contribution in [0.2, 0.25) is 0 Å². The minimum Gasteiger partial charge on any atom is -0.497 e. The maximum Gasteiger partial charge on any atom is 0.308 e. The monoisotopic (exact) mass is 500 g/mol. The molecule has 8 heteroatoms. The molecule has 34 heavy (non-hydrogen) atoms. The van der Waals surface area contributed by atoms with Crippen molar-refractivity contribution < 1.29 is 19.7 Å². The molecule has 1 aliphatic heterocycles. The highest BCUT2D eigenvalue weighted by Gasteiger charge is 2.34. The van der Waals surface area contributed by atoms with Crippen LogP contribution >= 0.6 is 23.1 Å². The summed E-state index contributed by atoms with van der Waals surface area (Å²) in [5.74, 6) is 0.730. The number of carbonyl (C=O) groups is 1. The number of aromatic nitrogens is 1. The van der Waals surface area contributed by atoms with Crippen LogP contribution in [0.5, 0.6) is 5.75 Å². The number of aliphatic carboxylic acids is 1. The van der Waals surface area contributed by atoms with Crippen LogP contribution in [0.25, 0.3) is 10.9 Å². The summed E-state index contributed by atoms with van der Waals surface area (Å²) in [6, 6.07) is 9.63. The Labute approximate surface area is 209 Å². The third-order valence-corrected chi connectivity index (χ3v) is 8.60. The number of piperidine rings is 1. The highest BCUT2D eigenvalue weighted by Crippen LogP contribution is 2.34. The third-order valence-electron chi connectivity index (χ3n) is 6.69. The first-order valence-electron chi connectivity index (χ1n) is 11.8. The Hall–Kier alpha value is -2.13. The first-order valence-corrected chi connectivity index (χ1v) is 13.7. The minimum absolute atomic E-state index is 0.0752. The first kappa shape index (κ1) is 25.0. The smallest absolute Gasteiger partial charge is 0.308 e. The van der Waals surface area contributed by atoms with E-state index < -0.39 is 12.1 Å². The second-order valence-electron chi connectivity index (χ2n) is 8.83. The van der Waals surface area contributed by atoms with Crippen LogP contribution in [0, 0.1) is 11.8 Å². The number of aliphatic hydroxyl groups is 1. The number of fused-ring (bicyclic) bond motifs is 1. The predicted octanol–water partition coefficient (Wildman–Crippen LogP) is 5.32. The lowest BCUT2D eigenvalue weighted by Gasteiger charge is -2.37. The number of carboxylic acids is 1. The Morgan fingerprint density at radius 2 is 2.24 bits per heavy atom. The molecule has 1 aliphatic rings. The van der Waals surface area contributed by atoms with Crippen LogP contribution in [0.1, 0.15) is 37.4 Å². The highest BCUT2D eigenvalue weighted by atomic mass is 32.2. The summed E-state index contributed by atoms with van der Waals surface area (Å²) in [6.45, 7) is 2.44. The number of hydrogen-bond donors (Lipinski definition) is 2. The van der Waals surface area contributed by atoms with Crippen molar-refractivity contribution in [3.8, 4) is 5.75 Å². The molecule has 4 rings (SSSR count). The molecule has 2 aromatic heterocycles. The number of aliphatic hydroxyl groups excluding tert-OH is 1. The lowest BCUT2D eigenvalue weighted by molar-refractivity contribution is -0.146. The van der Waals surface area contributed by atoms with Gasteiger partial charge in [-0.2, -0.15) is 11.3 Å². The van der Waals surface area contributed by atoms with E-state index in [1.807, 2.05) is 36.0 Å². The Bertz CT molecular complexity index is 1080. The first-order chi connectivity index (χ1) is 16.5. The van der Waals surface area contributed by atoms with E-state index in [2.05, 4.69) is 26.7 Å². The maximum absolute atomic E-state index is 12.0. The zero-order valence-electron chi connectivity index (χ0n) is 19.4. The van der Waals surface area contributed by atoms with Crippen molar-refractivity contribution >= 4 is 40.0 Å². The van der Waals surface area contributed by atoms with Gasteiger partial charge in [-0.1, -0.05) is 0 Å². The molecule has 3 heterocycles. The lowest BCUT2D eigenvalue weighted by Crippen LogP contribution is -2.44. The molecule has 182 valence electrons. The SMILES string of the molecule is COc1ccc2nccc(C(O)CC[C@@H]3CCN(CCCSc4ccsc4)C[C@@H]3C(=O)O)c2c1. The molecule has 2 N–H and O–H groups in total. The number of pyridine rings is 1. The summed E-state index contributed by atoms with van der Waals surface area (Å²) >= 11 is 3.58. The number of methoxy groups -OCH3 is 1. The van der Waals surface area contributed by atoms with Gasteiger partial charge < -0.3 is 19.8 Å². The fourth-order valence-electron chi connectivity index (χ4n) is 4.80. The van der Waals surface area contributed by atoms with Crippen LogP contribution in [-0.4, -0.2) is 58.6 Å². The number of thioether (sulfide) groups is 1. The van der Waals surface area contributed by atoms with Gasteiger partial charge in [-0.3, -0.25) is 9.78 Å². The van der Waals surface area contributed by atoms with Crippen molar-refractivity contribution in [2.75, 3.05) is 32.5 Å². The van der Waals surface area contributed by atoms with Gasteiger partial charge >= 0.3 is 5.97 Å². The quantitative estimate of drug-likeness (QED) is 0.272. The second kappa shape index (κ2) is 12.0. The van der Waals surface area contributed by atoms with Gasteiger partial charge in [0.15, 0.2) is 0 Å². The van der Waals surface area contributed by atoms with Crippen molar-refractivity contribution in [1.29, 1.82) is 0 Å². The molecule has 0 bridgehead atoms. The van der Waals surface area contributed by atoms with Crippen LogP contribution in [0.3, 0.4) is 0 Å². The average molecular weight is 501 g/mol. The van der Waals surface area contributed by atoms with Crippen LogP contribution in [0.15, 0.2) is 52.2 Å². The summed E-state index contributed by atoms with van der Waals surface area (Å²) in [5.41, 5.74) is 1.63. The number of thiophene rings is 1. The molecule has 0 saturated carbocycles. The molecule has 0 spiro atoms. The van der Waals surface area contributed by atoms with E-state index in [4.69, 9.17) is 4.74 Å². The number of likely N-dealkylation sites (tertiary alicyclic amines) is 1. The largest absolute Gasteiger partial charge is 0.497 e. The number of rotatable bonds is 11. The van der Waals surface area contributed by atoms with E-state index >= 15 is 0 Å². The summed E-state index contributed by atoms with van der Waals surface area (Å²) in [5, 5.41) is 26.0. The van der Waals surface area contributed by atoms with Gasteiger partial charge in [0.25, 0.3) is 0 Å². The van der Waals surface area contributed by atoms with E-state index in [-0.39, 0.29) is 11.8 Å². The number of nitrogens with zero attached hydrogens (tertiary/aromatic N) is 2. The summed E-state index contributed by atoms with van der Waals surface area (Å²) < 4.78 is 5.34. The van der Waals surface area contributed by atoms with E-state index in [9.17, 15) is 15.0 Å². The minimum atomic E-state index is -0.726. The number of carboxylic acid groups (broad SMARTS) is 1. The molecule has 1 saturated heterocycles. The molecule has 3 aromatic rings. The summed E-state index contributed by atoms with van der Waals surface area (Å²) in [6.07, 6.45) is 4.17. The molecule has 1 unspecified atom stereocenters. The number of hydrogen-bond acceptors (Lipinski definition) is 7. The fraction of sp³-hybridized carbons (Fsp3) is 0.462. The normalized spacial score (nSPS) is 19.8. The van der Waals surface area contributed by atoms with Gasteiger partial charge in [0.2, 0.25) is 0 Å². The Morgan fingerprint density at radius 3 is 3.00 bits per heavy atom. The van der Waals surface area contributed by atoms with E-state index in [1.165, 1.54) is 4.90 Å². The van der Waals surface area contributed by atoms with Gasteiger partial charge in [-0.15, -0.1) is 11.8 Å². The molecular formula is C26H32N2O4S2. The molecule has 1 aromatic carbocycles. The topological polar surface area (TPSA) is 82.9 Å². The van der Waals surface area contributed by atoms with E-state index in [1.54, 1.807) is 24.6 Å². The molecule has 1 fully saturated rings. The molecule has 0 aliphatic carbocycles. The number of benzene rings is 1. The number of ether oxygens (including phenoxy) is 1. The van der Waals surface area contributed by atoms with Crippen molar-refractivity contribution in [2.45, 2.75) is 36.7 Å². The molecule has 0 radical (unpaired) electrons. The van der Waals surface area contributed by atoms with Crippen molar-refractivity contribution in [2.24, 2.45) is 11.8 Å². The third kappa shape index (κ3) is 6.30. The van der Waals surface area contributed by atoms with Crippen LogP contribution in [0.4, 0.5) is 0 Å². The predicted molar refractivity (Wildman–Crippen MR) is 138 cm³/mol. The van der Waals surface area contributed by atoms with Crippen molar-refractivity contribution in [3.63, 3.8) is 0 Å². The second-order valence-corrected chi connectivity index (χ2v) is 10.8. The zero-order chi connectivity index (χ0) is 23.9.